The van der Waals surface area contributed by atoms with E-state index in [4.69, 9.17) is 4.74 Å². The summed E-state index contributed by atoms with van der Waals surface area (Å²) in [5.41, 5.74) is 1.86. The third-order valence-electron chi connectivity index (χ3n) is 3.34. The van der Waals surface area contributed by atoms with Crippen LogP contribution in [0.5, 0.6) is 0 Å². The summed E-state index contributed by atoms with van der Waals surface area (Å²) in [7, 11) is 1.34. The molecule has 2 unspecified atom stereocenters. The number of carbonyl (C=O) groups excluding carboxylic acids is 2. The first-order chi connectivity index (χ1) is 8.22. The number of fused-ring (bicyclic) bond motifs is 4. The van der Waals surface area contributed by atoms with Gasteiger partial charge in [0.1, 0.15) is 0 Å². The number of carbonyl (C=O) groups is 2. The summed E-state index contributed by atoms with van der Waals surface area (Å²) in [4.78, 5) is 25.1. The first-order valence-electron chi connectivity index (χ1n) is 5.46. The molecule has 2 atom stereocenters. The van der Waals surface area contributed by atoms with Crippen LogP contribution in [0.3, 0.4) is 0 Å². The van der Waals surface area contributed by atoms with Crippen LogP contribution in [0.1, 0.15) is 23.2 Å². The Bertz CT molecular complexity index is 500. The fraction of sp³-hybridized carbons (Fsp3) is 0.333. The predicted molar refractivity (Wildman–Crippen MR) is 59.2 cm³/mol. The SMILES string of the molecule is COC(=O)C1c2ccccc2C2CN1C(=O)N2. The van der Waals surface area contributed by atoms with Crippen molar-refractivity contribution in [3.8, 4) is 0 Å². The van der Waals surface area contributed by atoms with Crippen LogP contribution >= 0.6 is 0 Å². The van der Waals surface area contributed by atoms with Gasteiger partial charge in [0.05, 0.1) is 13.2 Å². The van der Waals surface area contributed by atoms with E-state index >= 15 is 0 Å². The lowest BCUT2D eigenvalue weighted by molar-refractivity contribution is -0.146. The number of nitrogens with zero attached hydrogens (tertiary/aromatic N) is 1. The number of benzene rings is 1. The minimum Gasteiger partial charge on any atom is -0.467 e. The van der Waals surface area contributed by atoms with Crippen molar-refractivity contribution < 1.29 is 14.3 Å². The van der Waals surface area contributed by atoms with Crippen molar-refractivity contribution in [2.24, 2.45) is 0 Å². The second kappa shape index (κ2) is 3.48. The summed E-state index contributed by atoms with van der Waals surface area (Å²) in [6.07, 6.45) is 0. The van der Waals surface area contributed by atoms with Gasteiger partial charge in [0, 0.05) is 6.54 Å². The third-order valence-corrected chi connectivity index (χ3v) is 3.34. The van der Waals surface area contributed by atoms with Gasteiger partial charge in [-0.05, 0) is 11.1 Å². The lowest BCUT2D eigenvalue weighted by Gasteiger charge is -2.30. The zero-order valence-electron chi connectivity index (χ0n) is 9.34. The van der Waals surface area contributed by atoms with Gasteiger partial charge >= 0.3 is 12.0 Å². The maximum Gasteiger partial charge on any atom is 0.333 e. The maximum atomic E-state index is 11.8. The van der Waals surface area contributed by atoms with Crippen LogP contribution in [0.2, 0.25) is 0 Å². The summed E-state index contributed by atoms with van der Waals surface area (Å²) in [5.74, 6) is -0.395. The lowest BCUT2D eigenvalue weighted by atomic mass is 9.91. The van der Waals surface area contributed by atoms with E-state index in [0.717, 1.165) is 11.1 Å². The summed E-state index contributed by atoms with van der Waals surface area (Å²) in [6.45, 7) is 0.523. The number of amides is 2. The van der Waals surface area contributed by atoms with Crippen molar-refractivity contribution in [3.63, 3.8) is 0 Å². The van der Waals surface area contributed by atoms with E-state index in [1.807, 2.05) is 24.3 Å². The van der Waals surface area contributed by atoms with E-state index in [0.29, 0.717) is 6.54 Å². The highest BCUT2D eigenvalue weighted by molar-refractivity contribution is 5.88. The van der Waals surface area contributed by atoms with Gasteiger partial charge in [0.2, 0.25) is 0 Å². The molecule has 1 N–H and O–H groups in total. The van der Waals surface area contributed by atoms with Crippen molar-refractivity contribution in [2.75, 3.05) is 13.7 Å². The highest BCUT2D eigenvalue weighted by Crippen LogP contribution is 2.38. The molecule has 17 heavy (non-hydrogen) atoms. The normalized spacial score (nSPS) is 25.2. The Morgan fingerprint density at radius 3 is 2.82 bits per heavy atom. The maximum absolute atomic E-state index is 11.8. The predicted octanol–water partition coefficient (Wildman–Crippen LogP) is 0.981. The van der Waals surface area contributed by atoms with Gasteiger partial charge in [-0.25, -0.2) is 9.59 Å². The Balaban J connectivity index is 2.14. The summed E-state index contributed by atoms with van der Waals surface area (Å²) >= 11 is 0. The Labute approximate surface area is 98.4 Å². The van der Waals surface area contributed by atoms with Gasteiger partial charge in [-0.2, -0.15) is 0 Å². The molecular weight excluding hydrogens is 220 g/mol. The molecule has 5 heteroatoms. The van der Waals surface area contributed by atoms with E-state index < -0.39 is 12.0 Å². The molecule has 1 aromatic carbocycles. The molecule has 1 fully saturated rings. The summed E-state index contributed by atoms with van der Waals surface area (Å²) < 4.78 is 4.78. The average molecular weight is 232 g/mol. The van der Waals surface area contributed by atoms with Gasteiger partial charge in [0.15, 0.2) is 6.04 Å². The largest absolute Gasteiger partial charge is 0.467 e. The zero-order chi connectivity index (χ0) is 12.0. The smallest absolute Gasteiger partial charge is 0.333 e. The molecule has 0 aromatic heterocycles. The first kappa shape index (κ1) is 10.1. The minimum atomic E-state index is -0.616. The van der Waals surface area contributed by atoms with E-state index in [9.17, 15) is 9.59 Å². The Morgan fingerprint density at radius 1 is 1.41 bits per heavy atom. The quantitative estimate of drug-likeness (QED) is 0.734. The molecule has 0 saturated carbocycles. The Kier molecular flexibility index (Phi) is 2.07. The number of hydrogen-bond donors (Lipinski definition) is 1. The molecular formula is C12H12N2O3. The van der Waals surface area contributed by atoms with Crippen LogP contribution in [0, 0.1) is 0 Å². The highest BCUT2D eigenvalue weighted by atomic mass is 16.5. The van der Waals surface area contributed by atoms with Gasteiger partial charge in [0.25, 0.3) is 0 Å². The molecule has 1 saturated heterocycles. The van der Waals surface area contributed by atoms with Crippen LogP contribution in [0.25, 0.3) is 0 Å². The van der Waals surface area contributed by atoms with E-state index in [2.05, 4.69) is 5.32 Å². The number of hydrogen-bond acceptors (Lipinski definition) is 3. The molecule has 0 aliphatic carbocycles. The zero-order valence-corrected chi connectivity index (χ0v) is 9.34. The monoisotopic (exact) mass is 232 g/mol. The van der Waals surface area contributed by atoms with Gasteiger partial charge < -0.3 is 15.0 Å². The summed E-state index contributed by atoms with van der Waals surface area (Å²) in [6, 6.07) is 6.75. The van der Waals surface area contributed by atoms with Gasteiger partial charge in [-0.1, -0.05) is 24.3 Å². The second-order valence-electron chi connectivity index (χ2n) is 4.21. The Morgan fingerprint density at radius 2 is 2.12 bits per heavy atom. The number of urea groups is 1. The fourth-order valence-electron chi connectivity index (χ4n) is 2.57. The van der Waals surface area contributed by atoms with E-state index in [1.165, 1.54) is 12.0 Å². The molecule has 2 bridgehead atoms. The van der Waals surface area contributed by atoms with E-state index in [-0.39, 0.29) is 12.1 Å². The highest BCUT2D eigenvalue weighted by Gasteiger charge is 2.45. The number of rotatable bonds is 1. The molecule has 1 aromatic rings. The lowest BCUT2D eigenvalue weighted by Crippen LogP contribution is -2.38. The molecule has 3 rings (SSSR count). The van der Waals surface area contributed by atoms with Crippen LogP contribution in [0.15, 0.2) is 24.3 Å². The van der Waals surface area contributed by atoms with Gasteiger partial charge in [-0.15, -0.1) is 0 Å². The van der Waals surface area contributed by atoms with Crippen LogP contribution in [-0.4, -0.2) is 30.6 Å². The molecule has 0 spiro atoms. The number of methoxy groups -OCH3 is 1. The molecule has 88 valence electrons. The molecule has 0 radical (unpaired) electrons. The first-order valence-corrected chi connectivity index (χ1v) is 5.46. The van der Waals surface area contributed by atoms with Crippen LogP contribution in [0.4, 0.5) is 4.79 Å². The molecule has 2 aliphatic rings. The average Bonchev–Trinajstić information content (AvgIpc) is 2.68. The van der Waals surface area contributed by atoms with Crippen molar-refractivity contribution in [2.45, 2.75) is 12.1 Å². The van der Waals surface area contributed by atoms with Gasteiger partial charge in [-0.3, -0.25) is 0 Å². The van der Waals surface area contributed by atoms with Crippen molar-refractivity contribution in [3.05, 3.63) is 35.4 Å². The fourth-order valence-corrected chi connectivity index (χ4v) is 2.57. The van der Waals surface area contributed by atoms with Crippen LogP contribution < -0.4 is 5.32 Å². The molecule has 5 nitrogen and oxygen atoms in total. The summed E-state index contributed by atoms with van der Waals surface area (Å²) in [5, 5.41) is 2.86. The Hall–Kier alpha value is -2.04. The third kappa shape index (κ3) is 1.32. The minimum absolute atomic E-state index is 0.0143. The number of nitrogens with one attached hydrogen (secondary N) is 1. The second-order valence-corrected chi connectivity index (χ2v) is 4.21. The van der Waals surface area contributed by atoms with E-state index in [1.54, 1.807) is 0 Å². The standard InChI is InChI=1S/C12H12N2O3/c1-17-11(15)10-8-5-3-2-4-7(8)9-6-14(10)12(16)13-9/h2-5,9-10H,6H2,1H3,(H,13,16). The van der Waals surface area contributed by atoms with Crippen molar-refractivity contribution >= 4 is 12.0 Å². The van der Waals surface area contributed by atoms with Crippen molar-refractivity contribution in [1.29, 1.82) is 0 Å². The topological polar surface area (TPSA) is 58.6 Å². The van der Waals surface area contributed by atoms with Crippen LogP contribution in [-0.2, 0) is 9.53 Å². The molecule has 2 aliphatic heterocycles. The molecule has 2 heterocycles. The number of ether oxygens (including phenoxy) is 1. The molecule has 2 amide bonds. The van der Waals surface area contributed by atoms with Crippen molar-refractivity contribution in [1.82, 2.24) is 10.2 Å². The number of esters is 1.